The second-order valence-corrected chi connectivity index (χ2v) is 9.28. The highest BCUT2D eigenvalue weighted by Crippen LogP contribution is 2.50. The summed E-state index contributed by atoms with van der Waals surface area (Å²) < 4.78 is 32.6. The van der Waals surface area contributed by atoms with Crippen LogP contribution in [0.25, 0.3) is 0 Å². The molecule has 0 aliphatic heterocycles. The molecule has 0 aromatic heterocycles. The second-order valence-electron chi connectivity index (χ2n) is 5.09. The molecule has 3 rings (SSSR count). The second kappa shape index (κ2) is 8.61. The maximum atomic E-state index is 13.3. The predicted molar refractivity (Wildman–Crippen MR) is 112 cm³/mol. The van der Waals surface area contributed by atoms with E-state index >= 15 is 0 Å². The highest BCUT2D eigenvalue weighted by molar-refractivity contribution is 9.11. The monoisotopic (exact) mass is 560 g/mol. The van der Waals surface area contributed by atoms with Crippen LogP contribution in [0.4, 0.5) is 0 Å². The van der Waals surface area contributed by atoms with Gasteiger partial charge in [-0.1, -0.05) is 66.0 Å². The molecule has 0 aliphatic rings. The van der Waals surface area contributed by atoms with Crippen molar-refractivity contribution in [1.29, 1.82) is 0 Å². The predicted octanol–water partition coefficient (Wildman–Crippen LogP) is 7.62. The van der Waals surface area contributed by atoms with Crippen molar-refractivity contribution >= 4 is 55.6 Å². The first-order valence-electron chi connectivity index (χ1n) is 7.37. The largest absolute Gasteiger partial charge is 0.647 e. The van der Waals surface area contributed by atoms with Crippen LogP contribution in [0, 0.1) is 0 Å². The standard InChI is InChI=1S/C18H12Br3O4P/c19-13-4-1-7-16(10-13)23-26(22,24-17-8-2-5-14(20)11-17)25-18-9-3-6-15(21)12-18/h1-12H. The number of benzene rings is 3. The zero-order chi connectivity index (χ0) is 18.6. The Morgan fingerprint density at radius 2 is 0.885 bits per heavy atom. The van der Waals surface area contributed by atoms with Crippen LogP contribution in [-0.2, 0) is 4.57 Å². The third kappa shape index (κ3) is 5.61. The molecule has 3 aromatic carbocycles. The molecule has 4 nitrogen and oxygen atoms in total. The molecule has 0 bridgehead atoms. The lowest BCUT2D eigenvalue weighted by Crippen LogP contribution is -2.07. The van der Waals surface area contributed by atoms with Crippen LogP contribution in [-0.4, -0.2) is 0 Å². The average molecular weight is 563 g/mol. The van der Waals surface area contributed by atoms with Crippen LogP contribution in [0.5, 0.6) is 17.2 Å². The molecule has 134 valence electrons. The molecular formula is C18H12Br3O4P. The van der Waals surface area contributed by atoms with Gasteiger partial charge in [0.1, 0.15) is 17.2 Å². The van der Waals surface area contributed by atoms with E-state index in [4.69, 9.17) is 13.6 Å². The Hall–Kier alpha value is -1.27. The molecule has 0 spiro atoms. The van der Waals surface area contributed by atoms with Gasteiger partial charge in [0, 0.05) is 13.4 Å². The van der Waals surface area contributed by atoms with Gasteiger partial charge in [-0.2, -0.15) is 4.57 Å². The molecule has 0 unspecified atom stereocenters. The van der Waals surface area contributed by atoms with E-state index in [0.29, 0.717) is 17.2 Å². The Labute approximate surface area is 176 Å². The molecule has 26 heavy (non-hydrogen) atoms. The van der Waals surface area contributed by atoms with Crippen LogP contribution in [0.2, 0.25) is 0 Å². The summed E-state index contributed by atoms with van der Waals surface area (Å²) in [5.41, 5.74) is 0. The average Bonchev–Trinajstić information content (AvgIpc) is 2.54. The third-order valence-electron chi connectivity index (χ3n) is 3.04. The SMILES string of the molecule is O=P(Oc1cccc(Br)c1)(Oc1cccc(Br)c1)Oc1cccc(Br)c1. The fourth-order valence-corrected chi connectivity index (χ4v) is 4.38. The number of hydrogen-bond donors (Lipinski definition) is 0. The molecule has 0 saturated carbocycles. The zero-order valence-corrected chi connectivity index (χ0v) is 18.8. The van der Waals surface area contributed by atoms with Gasteiger partial charge in [-0.25, -0.2) is 0 Å². The van der Waals surface area contributed by atoms with Crippen molar-refractivity contribution in [3.63, 3.8) is 0 Å². The molecule has 0 saturated heterocycles. The van der Waals surface area contributed by atoms with Gasteiger partial charge in [0.25, 0.3) is 0 Å². The number of phosphoric acid groups is 1. The third-order valence-corrected chi connectivity index (χ3v) is 5.82. The summed E-state index contributed by atoms with van der Waals surface area (Å²) in [6.45, 7) is 0. The highest BCUT2D eigenvalue weighted by atomic mass is 79.9. The van der Waals surface area contributed by atoms with E-state index in [1.165, 1.54) is 0 Å². The summed E-state index contributed by atoms with van der Waals surface area (Å²) in [6.07, 6.45) is 0. The minimum Gasteiger partial charge on any atom is -0.386 e. The minimum absolute atomic E-state index is 0.354. The van der Waals surface area contributed by atoms with Gasteiger partial charge in [0.2, 0.25) is 0 Å². The van der Waals surface area contributed by atoms with Crippen molar-refractivity contribution < 1.29 is 18.1 Å². The Morgan fingerprint density at radius 3 is 1.15 bits per heavy atom. The first-order chi connectivity index (χ1) is 12.4. The van der Waals surface area contributed by atoms with Gasteiger partial charge in [-0.15, -0.1) is 0 Å². The van der Waals surface area contributed by atoms with Crippen molar-refractivity contribution in [3.05, 3.63) is 86.2 Å². The Balaban J connectivity index is 1.92. The van der Waals surface area contributed by atoms with Crippen molar-refractivity contribution in [3.8, 4) is 17.2 Å². The first-order valence-corrected chi connectivity index (χ1v) is 11.2. The van der Waals surface area contributed by atoms with Gasteiger partial charge >= 0.3 is 7.82 Å². The van der Waals surface area contributed by atoms with Crippen LogP contribution >= 0.6 is 55.6 Å². The number of halogens is 3. The number of phosphoric ester groups is 1. The van der Waals surface area contributed by atoms with E-state index in [-0.39, 0.29) is 0 Å². The highest BCUT2D eigenvalue weighted by Gasteiger charge is 2.33. The summed E-state index contributed by atoms with van der Waals surface area (Å²) in [5.74, 6) is 1.06. The maximum Gasteiger partial charge on any atom is 0.647 e. The summed E-state index contributed by atoms with van der Waals surface area (Å²) in [7, 11) is -4.01. The molecule has 0 heterocycles. The van der Waals surface area contributed by atoms with E-state index in [1.54, 1.807) is 54.6 Å². The molecule has 8 heteroatoms. The van der Waals surface area contributed by atoms with Gasteiger partial charge in [0.05, 0.1) is 0 Å². The molecule has 0 fully saturated rings. The summed E-state index contributed by atoms with van der Waals surface area (Å²) >= 11 is 10.1. The quantitative estimate of drug-likeness (QED) is 0.290. The molecule has 0 amide bonds. The number of hydrogen-bond acceptors (Lipinski definition) is 4. The van der Waals surface area contributed by atoms with Crippen molar-refractivity contribution in [1.82, 2.24) is 0 Å². The van der Waals surface area contributed by atoms with E-state index in [2.05, 4.69) is 47.8 Å². The lowest BCUT2D eigenvalue weighted by Gasteiger charge is -2.19. The smallest absolute Gasteiger partial charge is 0.386 e. The zero-order valence-electron chi connectivity index (χ0n) is 13.1. The Morgan fingerprint density at radius 1 is 0.577 bits per heavy atom. The lowest BCUT2D eigenvalue weighted by molar-refractivity contribution is 0.298. The van der Waals surface area contributed by atoms with Gasteiger partial charge in [-0.3, -0.25) is 0 Å². The van der Waals surface area contributed by atoms with E-state index in [1.807, 2.05) is 18.2 Å². The van der Waals surface area contributed by atoms with Crippen LogP contribution < -0.4 is 13.6 Å². The van der Waals surface area contributed by atoms with E-state index in [0.717, 1.165) is 13.4 Å². The summed E-state index contributed by atoms with van der Waals surface area (Å²) in [5, 5.41) is 0. The summed E-state index contributed by atoms with van der Waals surface area (Å²) in [4.78, 5) is 0. The van der Waals surface area contributed by atoms with E-state index in [9.17, 15) is 4.57 Å². The fraction of sp³-hybridized carbons (Fsp3) is 0. The Bertz CT molecular complexity index is 842. The molecule has 0 aliphatic carbocycles. The minimum atomic E-state index is -4.01. The molecule has 0 atom stereocenters. The maximum absolute atomic E-state index is 13.3. The molecule has 0 N–H and O–H groups in total. The van der Waals surface area contributed by atoms with Crippen molar-refractivity contribution in [2.24, 2.45) is 0 Å². The van der Waals surface area contributed by atoms with Crippen LogP contribution in [0.1, 0.15) is 0 Å². The van der Waals surface area contributed by atoms with Crippen LogP contribution in [0.15, 0.2) is 86.2 Å². The van der Waals surface area contributed by atoms with Crippen molar-refractivity contribution in [2.45, 2.75) is 0 Å². The van der Waals surface area contributed by atoms with Gasteiger partial charge < -0.3 is 13.6 Å². The van der Waals surface area contributed by atoms with Crippen LogP contribution in [0.3, 0.4) is 0 Å². The normalized spacial score (nSPS) is 11.0. The molecule has 0 radical (unpaired) electrons. The van der Waals surface area contributed by atoms with Gasteiger partial charge in [-0.05, 0) is 54.6 Å². The summed E-state index contributed by atoms with van der Waals surface area (Å²) in [6, 6.07) is 20.9. The number of rotatable bonds is 6. The fourth-order valence-electron chi connectivity index (χ4n) is 2.01. The topological polar surface area (TPSA) is 44.8 Å². The molecular weight excluding hydrogens is 551 g/mol. The van der Waals surface area contributed by atoms with Gasteiger partial charge in [0.15, 0.2) is 0 Å². The Kier molecular flexibility index (Phi) is 6.46. The van der Waals surface area contributed by atoms with E-state index < -0.39 is 7.82 Å². The molecule has 3 aromatic rings. The first kappa shape index (κ1) is 19.5. The lowest BCUT2D eigenvalue weighted by atomic mass is 10.3. The van der Waals surface area contributed by atoms with Crippen molar-refractivity contribution in [2.75, 3.05) is 0 Å².